The summed E-state index contributed by atoms with van der Waals surface area (Å²) in [5, 5.41) is 5.27. The molecule has 4 heteroatoms. The molecule has 1 N–H and O–H groups in total. The van der Waals surface area contributed by atoms with Gasteiger partial charge in [0.2, 0.25) is 5.91 Å². The normalized spacial score (nSPS) is 15.9. The Morgan fingerprint density at radius 3 is 3.33 bits per heavy atom. The van der Waals surface area contributed by atoms with Crippen LogP contribution in [0.25, 0.3) is 0 Å². The molecule has 96 valence electrons. The molecular formula is C14H18N2OS. The lowest BCUT2D eigenvalue weighted by atomic mass is 10.1. The molecule has 2 heterocycles. The van der Waals surface area contributed by atoms with Crippen LogP contribution in [0.1, 0.15) is 23.8 Å². The summed E-state index contributed by atoms with van der Waals surface area (Å²) in [7, 11) is 0. The van der Waals surface area contributed by atoms with Crippen molar-refractivity contribution in [2.75, 3.05) is 13.1 Å². The van der Waals surface area contributed by atoms with Gasteiger partial charge in [-0.25, -0.2) is 0 Å². The molecule has 18 heavy (non-hydrogen) atoms. The number of fused-ring (bicyclic) bond motifs is 1. The summed E-state index contributed by atoms with van der Waals surface area (Å²) in [6.45, 7) is 3.96. The average molecular weight is 262 g/mol. The van der Waals surface area contributed by atoms with Crippen LogP contribution in [-0.4, -0.2) is 29.9 Å². The standard InChI is InChI=1S/C14H18N2OS/c1-3-4-11(2)15-9-14(17)16-7-5-13-12(10-16)6-8-18-13/h1,6,8,11,15H,4-5,7,9-10H2,2H3. The van der Waals surface area contributed by atoms with Crippen molar-refractivity contribution in [3.63, 3.8) is 0 Å². The number of nitrogens with zero attached hydrogens (tertiary/aromatic N) is 1. The van der Waals surface area contributed by atoms with E-state index in [1.54, 1.807) is 11.3 Å². The Morgan fingerprint density at radius 1 is 1.72 bits per heavy atom. The van der Waals surface area contributed by atoms with Gasteiger partial charge in [-0.05, 0) is 30.4 Å². The van der Waals surface area contributed by atoms with E-state index >= 15 is 0 Å². The van der Waals surface area contributed by atoms with Crippen molar-refractivity contribution in [1.82, 2.24) is 10.2 Å². The molecule has 0 saturated carbocycles. The lowest BCUT2D eigenvalue weighted by molar-refractivity contribution is -0.131. The number of hydrogen-bond acceptors (Lipinski definition) is 3. The van der Waals surface area contributed by atoms with Crippen LogP contribution in [-0.2, 0) is 17.8 Å². The number of thiophene rings is 1. The van der Waals surface area contributed by atoms with Crippen LogP contribution in [0.15, 0.2) is 11.4 Å². The molecule has 1 aliphatic rings. The van der Waals surface area contributed by atoms with Gasteiger partial charge in [-0.3, -0.25) is 4.79 Å². The number of rotatable bonds is 4. The van der Waals surface area contributed by atoms with E-state index in [1.807, 2.05) is 11.8 Å². The van der Waals surface area contributed by atoms with Crippen molar-refractivity contribution in [3.8, 4) is 12.3 Å². The third kappa shape index (κ3) is 3.12. The predicted octanol–water partition coefficient (Wildman–Crippen LogP) is 1.63. The molecule has 3 nitrogen and oxygen atoms in total. The van der Waals surface area contributed by atoms with E-state index in [0.29, 0.717) is 13.0 Å². The van der Waals surface area contributed by atoms with Gasteiger partial charge in [0.05, 0.1) is 6.54 Å². The summed E-state index contributed by atoms with van der Waals surface area (Å²) >= 11 is 1.79. The van der Waals surface area contributed by atoms with Crippen LogP contribution in [0, 0.1) is 12.3 Å². The lowest BCUT2D eigenvalue weighted by Gasteiger charge is -2.27. The Morgan fingerprint density at radius 2 is 2.56 bits per heavy atom. The molecule has 1 amide bonds. The van der Waals surface area contributed by atoms with Crippen LogP contribution in [0.4, 0.5) is 0 Å². The molecule has 1 aromatic heterocycles. The zero-order valence-electron chi connectivity index (χ0n) is 10.6. The van der Waals surface area contributed by atoms with Gasteiger partial charge in [0.1, 0.15) is 0 Å². The van der Waals surface area contributed by atoms with E-state index in [9.17, 15) is 4.79 Å². The van der Waals surface area contributed by atoms with Crippen molar-refractivity contribution in [1.29, 1.82) is 0 Å². The van der Waals surface area contributed by atoms with Crippen LogP contribution in [0.5, 0.6) is 0 Å². The second kappa shape index (κ2) is 6.03. The van der Waals surface area contributed by atoms with Crippen LogP contribution >= 0.6 is 11.3 Å². The second-order valence-electron chi connectivity index (χ2n) is 4.62. The molecular weight excluding hydrogens is 244 g/mol. The SMILES string of the molecule is C#CCC(C)NCC(=O)N1CCc2sccc2C1. The van der Waals surface area contributed by atoms with Crippen molar-refractivity contribution < 1.29 is 4.79 Å². The van der Waals surface area contributed by atoms with Gasteiger partial charge >= 0.3 is 0 Å². The maximum atomic E-state index is 12.1. The first-order valence-corrected chi connectivity index (χ1v) is 7.08. The van der Waals surface area contributed by atoms with Gasteiger partial charge < -0.3 is 10.2 Å². The maximum Gasteiger partial charge on any atom is 0.236 e. The number of nitrogens with one attached hydrogen (secondary N) is 1. The molecule has 0 saturated heterocycles. The average Bonchev–Trinajstić information content (AvgIpc) is 2.83. The Labute approximate surface area is 112 Å². The molecule has 1 unspecified atom stereocenters. The van der Waals surface area contributed by atoms with E-state index in [4.69, 9.17) is 6.42 Å². The summed E-state index contributed by atoms with van der Waals surface area (Å²) in [6.07, 6.45) is 6.88. The van der Waals surface area contributed by atoms with E-state index in [2.05, 4.69) is 22.7 Å². The van der Waals surface area contributed by atoms with Gasteiger partial charge in [-0.2, -0.15) is 0 Å². The van der Waals surface area contributed by atoms with Crippen molar-refractivity contribution in [3.05, 3.63) is 21.9 Å². The fourth-order valence-electron chi connectivity index (χ4n) is 2.08. The largest absolute Gasteiger partial charge is 0.337 e. The van der Waals surface area contributed by atoms with Crippen molar-refractivity contribution in [2.24, 2.45) is 0 Å². The number of amides is 1. The van der Waals surface area contributed by atoms with Crippen molar-refractivity contribution >= 4 is 17.2 Å². The first kappa shape index (κ1) is 13.1. The van der Waals surface area contributed by atoms with Gasteiger partial charge in [-0.1, -0.05) is 0 Å². The Hall–Kier alpha value is -1.31. The highest BCUT2D eigenvalue weighted by atomic mass is 32.1. The second-order valence-corrected chi connectivity index (χ2v) is 5.63. The molecule has 0 fully saturated rings. The first-order valence-electron chi connectivity index (χ1n) is 6.20. The highest BCUT2D eigenvalue weighted by molar-refractivity contribution is 7.10. The highest BCUT2D eigenvalue weighted by Crippen LogP contribution is 2.23. The van der Waals surface area contributed by atoms with Crippen LogP contribution < -0.4 is 5.32 Å². The topological polar surface area (TPSA) is 32.3 Å². The summed E-state index contributed by atoms with van der Waals surface area (Å²) in [5.41, 5.74) is 1.30. The molecule has 0 radical (unpaired) electrons. The molecule has 0 bridgehead atoms. The molecule has 1 aromatic rings. The Bertz CT molecular complexity index is 461. The minimum Gasteiger partial charge on any atom is -0.337 e. The maximum absolute atomic E-state index is 12.1. The third-order valence-electron chi connectivity index (χ3n) is 3.19. The molecule has 0 aromatic carbocycles. The minimum absolute atomic E-state index is 0.163. The summed E-state index contributed by atoms with van der Waals surface area (Å²) in [4.78, 5) is 15.4. The van der Waals surface area contributed by atoms with Crippen molar-refractivity contribution in [2.45, 2.75) is 32.4 Å². The number of hydrogen-bond donors (Lipinski definition) is 1. The van der Waals surface area contributed by atoms with E-state index in [0.717, 1.165) is 19.5 Å². The number of terminal acetylenes is 1. The van der Waals surface area contributed by atoms with E-state index < -0.39 is 0 Å². The Kier molecular flexibility index (Phi) is 4.40. The van der Waals surface area contributed by atoms with Crippen LogP contribution in [0.2, 0.25) is 0 Å². The first-order chi connectivity index (χ1) is 8.70. The molecule has 1 atom stereocenters. The van der Waals surface area contributed by atoms with Gasteiger partial charge in [0.25, 0.3) is 0 Å². The fourth-order valence-corrected chi connectivity index (χ4v) is 2.97. The third-order valence-corrected chi connectivity index (χ3v) is 4.21. The van der Waals surface area contributed by atoms with E-state index in [-0.39, 0.29) is 11.9 Å². The summed E-state index contributed by atoms with van der Waals surface area (Å²) in [5.74, 6) is 2.76. The molecule has 1 aliphatic heterocycles. The predicted molar refractivity (Wildman–Crippen MR) is 74.4 cm³/mol. The number of carbonyl (C=O) groups excluding carboxylic acids is 1. The Balaban J connectivity index is 1.83. The van der Waals surface area contributed by atoms with Gasteiger partial charge in [0.15, 0.2) is 0 Å². The molecule has 2 rings (SSSR count). The molecule has 0 aliphatic carbocycles. The lowest BCUT2D eigenvalue weighted by Crippen LogP contribution is -2.42. The quantitative estimate of drug-likeness (QED) is 0.837. The highest BCUT2D eigenvalue weighted by Gasteiger charge is 2.21. The zero-order valence-corrected chi connectivity index (χ0v) is 11.4. The summed E-state index contributed by atoms with van der Waals surface area (Å²) in [6, 6.07) is 2.31. The number of carbonyl (C=O) groups is 1. The zero-order chi connectivity index (χ0) is 13.0. The van der Waals surface area contributed by atoms with E-state index in [1.165, 1.54) is 10.4 Å². The van der Waals surface area contributed by atoms with Gasteiger partial charge in [-0.15, -0.1) is 23.7 Å². The summed E-state index contributed by atoms with van der Waals surface area (Å²) < 4.78 is 0. The fraction of sp³-hybridized carbons (Fsp3) is 0.500. The molecule has 0 spiro atoms. The van der Waals surface area contributed by atoms with Gasteiger partial charge in [0, 0.05) is 30.4 Å². The van der Waals surface area contributed by atoms with Crippen LogP contribution in [0.3, 0.4) is 0 Å². The minimum atomic E-state index is 0.163. The monoisotopic (exact) mass is 262 g/mol. The smallest absolute Gasteiger partial charge is 0.236 e.